The molecular weight excluding hydrogens is 356 g/mol. The van der Waals surface area contributed by atoms with Crippen molar-refractivity contribution in [2.24, 2.45) is 0 Å². The van der Waals surface area contributed by atoms with E-state index in [2.05, 4.69) is 5.32 Å². The summed E-state index contributed by atoms with van der Waals surface area (Å²) < 4.78 is 32.9. The highest BCUT2D eigenvalue weighted by Gasteiger charge is 2.44. The van der Waals surface area contributed by atoms with Gasteiger partial charge in [0.25, 0.3) is 5.91 Å². The van der Waals surface area contributed by atoms with Gasteiger partial charge in [0.15, 0.2) is 5.78 Å². The molecule has 2 unspecified atom stereocenters. The Morgan fingerprint density at radius 2 is 1.78 bits per heavy atom. The summed E-state index contributed by atoms with van der Waals surface area (Å²) in [6, 6.07) is 6.34. The molecule has 0 bridgehead atoms. The maximum absolute atomic E-state index is 14.2. The van der Waals surface area contributed by atoms with Crippen LogP contribution >= 0.6 is 0 Å². The molecule has 27 heavy (non-hydrogen) atoms. The molecular formula is C20H19F2NO4. The van der Waals surface area contributed by atoms with Gasteiger partial charge in [-0.2, -0.15) is 0 Å². The van der Waals surface area contributed by atoms with Crippen LogP contribution in [-0.4, -0.2) is 28.5 Å². The van der Waals surface area contributed by atoms with Gasteiger partial charge in [-0.25, -0.2) is 8.78 Å². The fourth-order valence-electron chi connectivity index (χ4n) is 3.07. The predicted octanol–water partition coefficient (Wildman–Crippen LogP) is 3.17. The summed E-state index contributed by atoms with van der Waals surface area (Å²) >= 11 is 0. The molecule has 0 saturated carbocycles. The molecule has 0 spiro atoms. The van der Waals surface area contributed by atoms with Crippen LogP contribution in [0.4, 0.5) is 8.78 Å². The highest BCUT2D eigenvalue weighted by molar-refractivity contribution is 5.96. The van der Waals surface area contributed by atoms with E-state index in [0.29, 0.717) is 5.56 Å². The van der Waals surface area contributed by atoms with Crippen molar-refractivity contribution in [3.8, 4) is 5.75 Å². The van der Waals surface area contributed by atoms with Crippen LogP contribution in [0, 0.1) is 11.6 Å². The summed E-state index contributed by atoms with van der Waals surface area (Å²) in [5.41, 5.74) is -0.782. The van der Waals surface area contributed by atoms with Crippen molar-refractivity contribution in [3.05, 3.63) is 64.7 Å². The minimum atomic E-state index is -1.17. The number of benzene rings is 2. The summed E-state index contributed by atoms with van der Waals surface area (Å²) in [5.74, 6) is -2.12. The molecule has 0 aromatic heterocycles. The summed E-state index contributed by atoms with van der Waals surface area (Å²) in [7, 11) is 0. The van der Waals surface area contributed by atoms with E-state index in [4.69, 9.17) is 4.74 Å². The number of aliphatic hydroxyl groups excluding tert-OH is 1. The summed E-state index contributed by atoms with van der Waals surface area (Å²) in [6.45, 7) is 4.43. The van der Waals surface area contributed by atoms with E-state index in [-0.39, 0.29) is 16.9 Å². The Morgan fingerprint density at radius 3 is 2.37 bits per heavy atom. The molecule has 2 N–H and O–H groups in total. The van der Waals surface area contributed by atoms with Crippen molar-refractivity contribution in [2.45, 2.75) is 38.5 Å². The molecule has 0 aliphatic carbocycles. The number of nitrogens with one attached hydrogen (secondary N) is 1. The Kier molecular flexibility index (Phi) is 4.73. The Morgan fingerprint density at radius 1 is 1.15 bits per heavy atom. The molecule has 1 heterocycles. The zero-order valence-corrected chi connectivity index (χ0v) is 15.0. The standard InChI is InChI=1S/C20H19F2NO4/c1-10(24)13-8-14-16(9-15(13)22)27-20(2,3)18(25)17(14)23-19(26)11-4-6-12(21)7-5-11/h4-9,17-18,25H,1-3H3,(H,23,26). The van der Waals surface area contributed by atoms with Gasteiger partial charge in [0.05, 0.1) is 11.6 Å². The van der Waals surface area contributed by atoms with Gasteiger partial charge in [-0.05, 0) is 51.1 Å². The van der Waals surface area contributed by atoms with Crippen molar-refractivity contribution in [1.29, 1.82) is 0 Å². The monoisotopic (exact) mass is 375 g/mol. The molecule has 0 fully saturated rings. The average Bonchev–Trinajstić information content (AvgIpc) is 2.58. The maximum atomic E-state index is 14.2. The molecule has 142 valence electrons. The third kappa shape index (κ3) is 3.55. The first kappa shape index (κ1) is 19.0. The number of halogens is 2. The van der Waals surface area contributed by atoms with Gasteiger partial charge in [-0.1, -0.05) is 0 Å². The fourth-order valence-corrected chi connectivity index (χ4v) is 3.07. The van der Waals surface area contributed by atoms with E-state index in [9.17, 15) is 23.5 Å². The second kappa shape index (κ2) is 6.74. The topological polar surface area (TPSA) is 75.6 Å². The van der Waals surface area contributed by atoms with Gasteiger partial charge < -0.3 is 15.2 Å². The van der Waals surface area contributed by atoms with E-state index in [1.54, 1.807) is 13.8 Å². The van der Waals surface area contributed by atoms with E-state index in [1.807, 2.05) is 0 Å². The summed E-state index contributed by atoms with van der Waals surface area (Å²) in [6.07, 6.45) is -1.17. The number of ketones is 1. The summed E-state index contributed by atoms with van der Waals surface area (Å²) in [5, 5.41) is 13.4. The van der Waals surface area contributed by atoms with Gasteiger partial charge in [0.1, 0.15) is 29.1 Å². The molecule has 2 aromatic carbocycles. The van der Waals surface area contributed by atoms with Gasteiger partial charge in [0.2, 0.25) is 0 Å². The van der Waals surface area contributed by atoms with Gasteiger partial charge in [0, 0.05) is 17.2 Å². The SMILES string of the molecule is CC(=O)c1cc2c(cc1F)OC(C)(C)C(O)C2NC(=O)c1ccc(F)cc1. The second-order valence-electron chi connectivity index (χ2n) is 7.03. The first-order chi connectivity index (χ1) is 12.6. The van der Waals surface area contributed by atoms with E-state index >= 15 is 0 Å². The lowest BCUT2D eigenvalue weighted by atomic mass is 9.85. The molecule has 2 aromatic rings. The van der Waals surface area contributed by atoms with E-state index in [1.165, 1.54) is 25.1 Å². The molecule has 1 amide bonds. The van der Waals surface area contributed by atoms with Crippen LogP contribution in [0.1, 0.15) is 53.1 Å². The van der Waals surface area contributed by atoms with Crippen LogP contribution in [0.15, 0.2) is 36.4 Å². The molecule has 5 nitrogen and oxygen atoms in total. The van der Waals surface area contributed by atoms with Gasteiger partial charge in [-0.3, -0.25) is 9.59 Å². The normalized spacial score (nSPS) is 20.4. The largest absolute Gasteiger partial charge is 0.485 e. The number of amides is 1. The predicted molar refractivity (Wildman–Crippen MR) is 93.7 cm³/mol. The van der Waals surface area contributed by atoms with Gasteiger partial charge >= 0.3 is 0 Å². The molecule has 7 heteroatoms. The quantitative estimate of drug-likeness (QED) is 0.808. The number of carbonyl (C=O) groups is 2. The zero-order chi connectivity index (χ0) is 19.9. The number of hydrogen-bond donors (Lipinski definition) is 2. The van der Waals surface area contributed by atoms with Crippen molar-refractivity contribution < 1.29 is 28.2 Å². The Labute approximate surface area is 155 Å². The minimum Gasteiger partial charge on any atom is -0.485 e. The molecule has 0 saturated heterocycles. The highest BCUT2D eigenvalue weighted by atomic mass is 19.1. The average molecular weight is 375 g/mol. The summed E-state index contributed by atoms with van der Waals surface area (Å²) in [4.78, 5) is 24.2. The smallest absolute Gasteiger partial charge is 0.251 e. The minimum absolute atomic E-state index is 0.136. The Balaban J connectivity index is 2.03. The third-order valence-electron chi connectivity index (χ3n) is 4.61. The van der Waals surface area contributed by atoms with Crippen LogP contribution in [-0.2, 0) is 0 Å². The highest BCUT2D eigenvalue weighted by Crippen LogP contribution is 2.41. The maximum Gasteiger partial charge on any atom is 0.251 e. The first-order valence-electron chi connectivity index (χ1n) is 8.38. The van der Waals surface area contributed by atoms with Crippen LogP contribution in [0.3, 0.4) is 0 Å². The third-order valence-corrected chi connectivity index (χ3v) is 4.61. The lowest BCUT2D eigenvalue weighted by Crippen LogP contribution is -2.53. The molecule has 2 atom stereocenters. The molecule has 3 rings (SSSR count). The van der Waals surface area contributed by atoms with Crippen molar-refractivity contribution in [2.75, 3.05) is 0 Å². The zero-order valence-electron chi connectivity index (χ0n) is 15.0. The number of hydrogen-bond acceptors (Lipinski definition) is 4. The number of fused-ring (bicyclic) bond motifs is 1. The Hall–Kier alpha value is -2.80. The van der Waals surface area contributed by atoms with Crippen molar-refractivity contribution >= 4 is 11.7 Å². The number of carbonyl (C=O) groups excluding carboxylic acids is 2. The van der Waals surface area contributed by atoms with Crippen molar-refractivity contribution in [1.82, 2.24) is 5.32 Å². The molecule has 1 aliphatic heterocycles. The lowest BCUT2D eigenvalue weighted by Gasteiger charge is -2.42. The second-order valence-corrected chi connectivity index (χ2v) is 7.03. The molecule has 0 radical (unpaired) electrons. The van der Waals surface area contributed by atoms with E-state index < -0.39 is 41.1 Å². The Bertz CT molecular complexity index is 909. The number of ether oxygens (including phenoxy) is 1. The number of rotatable bonds is 3. The first-order valence-corrected chi connectivity index (χ1v) is 8.38. The fraction of sp³-hybridized carbons (Fsp3) is 0.300. The molecule has 1 aliphatic rings. The van der Waals surface area contributed by atoms with Crippen LogP contribution in [0.2, 0.25) is 0 Å². The van der Waals surface area contributed by atoms with Gasteiger partial charge in [-0.15, -0.1) is 0 Å². The van der Waals surface area contributed by atoms with Crippen molar-refractivity contribution in [3.63, 3.8) is 0 Å². The van der Waals surface area contributed by atoms with E-state index in [0.717, 1.165) is 18.2 Å². The lowest BCUT2D eigenvalue weighted by molar-refractivity contribution is -0.0629. The van der Waals surface area contributed by atoms with Crippen LogP contribution in [0.25, 0.3) is 0 Å². The number of aliphatic hydroxyl groups is 1. The van der Waals surface area contributed by atoms with Crippen LogP contribution < -0.4 is 10.1 Å². The number of Topliss-reactive ketones (excluding diaryl/α,β-unsaturated/α-hetero) is 1. The van der Waals surface area contributed by atoms with Crippen LogP contribution in [0.5, 0.6) is 5.75 Å².